The van der Waals surface area contributed by atoms with Crippen LogP contribution >= 0.6 is 11.6 Å². The van der Waals surface area contributed by atoms with Crippen LogP contribution in [0.2, 0.25) is 0 Å². The van der Waals surface area contributed by atoms with Crippen molar-refractivity contribution >= 4 is 48.7 Å². The maximum absolute atomic E-state index is 12.9. The molecule has 3 heterocycles. The van der Waals surface area contributed by atoms with Crippen molar-refractivity contribution in [2.75, 3.05) is 11.6 Å². The summed E-state index contributed by atoms with van der Waals surface area (Å²) in [6, 6.07) is 18.2. The molecule has 5 rings (SSSR count). The van der Waals surface area contributed by atoms with Crippen LogP contribution in [0.5, 0.6) is 0 Å². The lowest BCUT2D eigenvalue weighted by Gasteiger charge is -2.18. The third-order valence-electron chi connectivity index (χ3n) is 8.69. The third-order valence-corrected chi connectivity index (χ3v) is 11.6. The number of Topliss-reactive ketones (excluding diaryl/α,β-unsaturated/α-hetero) is 1. The minimum absolute atomic E-state index is 0.0404. The maximum Gasteiger partial charge on any atom is 0.264 e. The van der Waals surface area contributed by atoms with Gasteiger partial charge in [-0.3, -0.25) is 9.35 Å². The Labute approximate surface area is 279 Å². The molecule has 47 heavy (non-hydrogen) atoms. The Morgan fingerprint density at radius 2 is 1.89 bits per heavy atom. The van der Waals surface area contributed by atoms with Crippen LogP contribution < -0.4 is 4.57 Å². The van der Waals surface area contributed by atoms with Gasteiger partial charge in [-0.25, -0.2) is 8.42 Å². The monoisotopic (exact) mass is 693 g/mol. The summed E-state index contributed by atoms with van der Waals surface area (Å²) < 4.78 is 59.5. The molecule has 0 bridgehead atoms. The molecule has 0 radical (unpaired) electrons. The number of aliphatic hydroxyl groups excluding tert-OH is 1. The lowest BCUT2D eigenvalue weighted by atomic mass is 9.81. The zero-order valence-electron chi connectivity index (χ0n) is 25.9. The highest BCUT2D eigenvalue weighted by molar-refractivity contribution is 7.96. The Balaban J connectivity index is 1.39. The number of nitriles is 1. The molecular weight excluding hydrogens is 660 g/mol. The molecule has 1 unspecified atom stereocenters. The number of hydrogen-bond acceptors (Lipinski definition) is 7. The van der Waals surface area contributed by atoms with Gasteiger partial charge < -0.3 is 5.11 Å². The summed E-state index contributed by atoms with van der Waals surface area (Å²) >= 11 is 5.76. The van der Waals surface area contributed by atoms with Gasteiger partial charge in [0, 0.05) is 41.3 Å². The highest BCUT2D eigenvalue weighted by atomic mass is 35.5. The van der Waals surface area contributed by atoms with E-state index in [1.54, 1.807) is 18.2 Å². The molecule has 0 spiro atoms. The molecule has 2 aliphatic heterocycles. The molecule has 244 valence electrons. The van der Waals surface area contributed by atoms with E-state index in [9.17, 15) is 32.0 Å². The number of carbonyl (C=O) groups excluding carboxylic acids is 1. The van der Waals surface area contributed by atoms with E-state index in [4.69, 9.17) is 16.2 Å². The van der Waals surface area contributed by atoms with Gasteiger partial charge in [-0.15, -0.1) is 11.6 Å². The van der Waals surface area contributed by atoms with Gasteiger partial charge in [0.05, 0.1) is 33.6 Å². The summed E-state index contributed by atoms with van der Waals surface area (Å²) in [5.74, 6) is -1.09. The van der Waals surface area contributed by atoms with Crippen molar-refractivity contribution in [2.24, 2.45) is 5.92 Å². The first-order chi connectivity index (χ1) is 22.2. The molecule has 1 aromatic heterocycles. The molecular formula is C35H34ClN2O7S2+. The van der Waals surface area contributed by atoms with Gasteiger partial charge in [0.25, 0.3) is 10.1 Å². The van der Waals surface area contributed by atoms with Crippen molar-refractivity contribution < 1.29 is 35.9 Å². The second kappa shape index (κ2) is 13.2. The minimum Gasteiger partial charge on any atom is -0.506 e. The number of alkyl halides is 1. The third kappa shape index (κ3) is 6.97. The van der Waals surface area contributed by atoms with Crippen molar-refractivity contribution in [3.05, 3.63) is 112 Å². The van der Waals surface area contributed by atoms with Crippen LogP contribution in [0.15, 0.2) is 88.8 Å². The summed E-state index contributed by atoms with van der Waals surface area (Å²) in [7, 11) is -7.97. The topological polar surface area (TPSA) is 153 Å². The molecule has 2 aromatic carbocycles. The average Bonchev–Trinajstić information content (AvgIpc) is 3.36. The number of fused-ring (bicyclic) bond motifs is 4. The van der Waals surface area contributed by atoms with Crippen molar-refractivity contribution in [1.29, 1.82) is 5.26 Å². The van der Waals surface area contributed by atoms with E-state index < -0.39 is 25.4 Å². The smallest absolute Gasteiger partial charge is 0.264 e. The van der Waals surface area contributed by atoms with Gasteiger partial charge >= 0.3 is 0 Å². The van der Waals surface area contributed by atoms with Gasteiger partial charge in [0.2, 0.25) is 15.5 Å². The number of halogens is 1. The minimum atomic E-state index is -4.10. The van der Waals surface area contributed by atoms with Crippen LogP contribution in [0.25, 0.3) is 17.0 Å². The van der Waals surface area contributed by atoms with E-state index in [0.717, 1.165) is 22.5 Å². The lowest BCUT2D eigenvalue weighted by molar-refractivity contribution is -0.599. The largest absolute Gasteiger partial charge is 0.506 e. The number of aromatic nitrogens is 1. The van der Waals surface area contributed by atoms with Crippen LogP contribution in [0.4, 0.5) is 0 Å². The van der Waals surface area contributed by atoms with Crippen molar-refractivity contribution in [3.63, 3.8) is 0 Å². The number of hydrogen-bond donors (Lipinski definition) is 2. The number of allylic oxidation sites excluding steroid dienone is 4. The molecule has 3 aromatic rings. The van der Waals surface area contributed by atoms with Gasteiger partial charge in [0.15, 0.2) is 11.9 Å². The van der Waals surface area contributed by atoms with Crippen molar-refractivity contribution in [1.82, 2.24) is 0 Å². The summed E-state index contributed by atoms with van der Waals surface area (Å²) in [4.78, 5) is 12.0. The quantitative estimate of drug-likeness (QED) is 0.0793. The van der Waals surface area contributed by atoms with Gasteiger partial charge in [-0.2, -0.15) is 18.2 Å². The Morgan fingerprint density at radius 1 is 1.15 bits per heavy atom. The average molecular weight is 694 g/mol. The number of sulfone groups is 1. The Hall–Kier alpha value is -4.08. The summed E-state index contributed by atoms with van der Waals surface area (Å²) in [6.45, 7) is 4.15. The summed E-state index contributed by atoms with van der Waals surface area (Å²) in [5.41, 5.74) is 4.65. The SMILES string of the molecule is CC1(C)c2cc(CC(CCCS(=O)(=O)O)CC(=O)CCl)ccc2-[n+]2ccc(/C(C#N)=C/C=C/C3=C(O)c4ccccc4S3(=O)=O)cc21. The Morgan fingerprint density at radius 3 is 2.57 bits per heavy atom. The van der Waals surface area contributed by atoms with E-state index in [-0.39, 0.29) is 57.3 Å². The van der Waals surface area contributed by atoms with Gasteiger partial charge in [-0.05, 0) is 74.9 Å². The van der Waals surface area contributed by atoms with Crippen molar-refractivity contribution in [3.8, 4) is 11.8 Å². The molecule has 2 aliphatic rings. The predicted molar refractivity (Wildman–Crippen MR) is 179 cm³/mol. The maximum atomic E-state index is 12.9. The second-order valence-corrected chi connectivity index (χ2v) is 16.0. The highest BCUT2D eigenvalue weighted by Gasteiger charge is 2.44. The Bertz CT molecular complexity index is 2130. The zero-order valence-corrected chi connectivity index (χ0v) is 28.2. The van der Waals surface area contributed by atoms with Crippen LogP contribution in [0.1, 0.15) is 61.1 Å². The highest BCUT2D eigenvalue weighted by Crippen LogP contribution is 2.40. The van der Waals surface area contributed by atoms with Crippen molar-refractivity contribution in [2.45, 2.75) is 49.8 Å². The lowest BCUT2D eigenvalue weighted by Crippen LogP contribution is -2.34. The van der Waals surface area contributed by atoms with Gasteiger partial charge in [-0.1, -0.05) is 24.3 Å². The Kier molecular flexibility index (Phi) is 9.62. The first-order valence-corrected chi connectivity index (χ1v) is 18.6. The van der Waals surface area contributed by atoms with E-state index >= 15 is 0 Å². The molecule has 0 aliphatic carbocycles. The number of pyridine rings is 1. The molecule has 0 fully saturated rings. The molecule has 1 atom stereocenters. The fraction of sp³-hybridized carbons (Fsp3) is 0.286. The van der Waals surface area contributed by atoms with E-state index in [0.29, 0.717) is 24.0 Å². The van der Waals surface area contributed by atoms with E-state index in [2.05, 4.69) is 30.6 Å². The molecule has 12 heteroatoms. The number of rotatable bonds is 12. The predicted octanol–water partition coefficient (Wildman–Crippen LogP) is 5.80. The summed E-state index contributed by atoms with van der Waals surface area (Å²) in [6.07, 6.45) is 7.55. The van der Waals surface area contributed by atoms with Crippen LogP contribution in [0.3, 0.4) is 0 Å². The van der Waals surface area contributed by atoms with Gasteiger partial charge in [0.1, 0.15) is 16.4 Å². The number of carbonyl (C=O) groups is 1. The molecule has 2 N–H and O–H groups in total. The second-order valence-electron chi connectivity index (χ2n) is 12.3. The molecule has 0 saturated heterocycles. The normalized spacial score (nSPS) is 16.9. The molecule has 0 saturated carbocycles. The summed E-state index contributed by atoms with van der Waals surface area (Å²) in [5, 5.41) is 20.6. The number of ketones is 1. The molecule has 0 amide bonds. The first kappa shape index (κ1) is 34.3. The number of benzene rings is 2. The van der Waals surface area contributed by atoms with Crippen LogP contribution in [-0.4, -0.2) is 43.9 Å². The van der Waals surface area contributed by atoms with Crippen LogP contribution in [-0.2, 0) is 36.6 Å². The first-order valence-electron chi connectivity index (χ1n) is 15.0. The van der Waals surface area contributed by atoms with Crippen LogP contribution in [0, 0.1) is 17.2 Å². The van der Waals surface area contributed by atoms with E-state index in [1.807, 2.05) is 30.5 Å². The fourth-order valence-electron chi connectivity index (χ4n) is 6.33. The number of nitrogens with zero attached hydrogens (tertiary/aromatic N) is 2. The standard InChI is InChI=1S/C35H33ClN2O7S2/c1-35(2)29-19-24(17-23(18-27(39)21-36)7-6-16-46(41,42)43)12-13-30(29)38-15-14-25(20-33(35)38)26(22-37)8-5-11-32-34(40)28-9-3-4-10-31(28)47(32,44)45/h3-5,8-15,19-20,23H,6-7,16-18,21H2,1-2H3,(H,41,42,43)/p+1. The fourth-order valence-corrected chi connectivity index (χ4v) is 8.54. The van der Waals surface area contributed by atoms with E-state index in [1.165, 1.54) is 24.3 Å². The molecule has 9 nitrogen and oxygen atoms in total. The number of aliphatic hydroxyl groups is 1. The zero-order chi connectivity index (χ0) is 34.1.